The number of aromatic nitrogens is 2. The van der Waals surface area contributed by atoms with Gasteiger partial charge in [0, 0.05) is 25.5 Å². The molecule has 19 heavy (non-hydrogen) atoms. The summed E-state index contributed by atoms with van der Waals surface area (Å²) in [6.07, 6.45) is 5.34. The van der Waals surface area contributed by atoms with Gasteiger partial charge in [-0.05, 0) is 25.3 Å². The second-order valence-corrected chi connectivity index (χ2v) is 4.38. The highest BCUT2D eigenvalue weighted by Gasteiger charge is 2.02. The summed E-state index contributed by atoms with van der Waals surface area (Å²) in [6, 6.07) is 10.3. The van der Waals surface area contributed by atoms with E-state index in [-0.39, 0.29) is 5.56 Å². The van der Waals surface area contributed by atoms with E-state index in [1.807, 2.05) is 25.1 Å². The molecule has 0 saturated carbocycles. The number of nitrogens with zero attached hydrogens (tertiary/aromatic N) is 2. The molecule has 0 saturated heterocycles. The topological polar surface area (TPSA) is 46.9 Å². The summed E-state index contributed by atoms with van der Waals surface area (Å²) in [7, 11) is 0. The van der Waals surface area contributed by atoms with E-state index in [2.05, 4.69) is 22.4 Å². The molecular formula is C15H19N3O. The Kier molecular flexibility index (Phi) is 4.72. The van der Waals surface area contributed by atoms with Crippen LogP contribution in [0.5, 0.6) is 0 Å². The van der Waals surface area contributed by atoms with E-state index in [9.17, 15) is 4.79 Å². The maximum absolute atomic E-state index is 11.9. The lowest BCUT2D eigenvalue weighted by Crippen LogP contribution is -2.24. The van der Waals surface area contributed by atoms with Gasteiger partial charge in [0.25, 0.3) is 5.56 Å². The van der Waals surface area contributed by atoms with E-state index in [4.69, 9.17) is 0 Å². The third kappa shape index (κ3) is 3.68. The second-order valence-electron chi connectivity index (χ2n) is 4.38. The Morgan fingerprint density at radius 3 is 2.79 bits per heavy atom. The number of anilines is 1. The Bertz CT molecular complexity index is 563. The molecule has 0 aliphatic heterocycles. The molecule has 0 bridgehead atoms. The minimum absolute atomic E-state index is 0.0512. The van der Waals surface area contributed by atoms with E-state index < -0.39 is 0 Å². The molecule has 100 valence electrons. The zero-order chi connectivity index (χ0) is 13.5. The van der Waals surface area contributed by atoms with Gasteiger partial charge in [0.15, 0.2) is 5.82 Å². The smallest absolute Gasteiger partial charge is 0.293 e. The summed E-state index contributed by atoms with van der Waals surface area (Å²) in [4.78, 5) is 16.0. The molecule has 2 rings (SSSR count). The molecule has 0 unspecified atom stereocenters. The number of benzene rings is 1. The van der Waals surface area contributed by atoms with Crippen LogP contribution in [0.25, 0.3) is 0 Å². The van der Waals surface area contributed by atoms with Crippen LogP contribution in [0.3, 0.4) is 0 Å². The van der Waals surface area contributed by atoms with Crippen LogP contribution in [-0.2, 0) is 13.0 Å². The fourth-order valence-electron chi connectivity index (χ4n) is 1.96. The quantitative estimate of drug-likeness (QED) is 0.808. The highest BCUT2D eigenvalue weighted by atomic mass is 16.1. The predicted molar refractivity (Wildman–Crippen MR) is 77.4 cm³/mol. The Hall–Kier alpha value is -2.10. The van der Waals surface area contributed by atoms with Crippen LogP contribution in [0.2, 0.25) is 0 Å². The Morgan fingerprint density at radius 1 is 1.26 bits per heavy atom. The summed E-state index contributed by atoms with van der Waals surface area (Å²) in [5, 5.41) is 3.11. The summed E-state index contributed by atoms with van der Waals surface area (Å²) < 4.78 is 1.65. The summed E-state index contributed by atoms with van der Waals surface area (Å²) >= 11 is 0. The third-order valence-corrected chi connectivity index (χ3v) is 3.03. The van der Waals surface area contributed by atoms with Crippen molar-refractivity contribution in [2.75, 3.05) is 11.9 Å². The summed E-state index contributed by atoms with van der Waals surface area (Å²) in [5.41, 5.74) is 1.26. The Morgan fingerprint density at radius 2 is 2.05 bits per heavy atom. The molecule has 4 heteroatoms. The second kappa shape index (κ2) is 6.73. The van der Waals surface area contributed by atoms with Gasteiger partial charge >= 0.3 is 0 Å². The molecule has 0 aliphatic carbocycles. The average Bonchev–Trinajstić information content (AvgIpc) is 2.46. The van der Waals surface area contributed by atoms with Crippen molar-refractivity contribution in [1.29, 1.82) is 0 Å². The number of rotatable bonds is 6. The van der Waals surface area contributed by atoms with Crippen LogP contribution < -0.4 is 10.9 Å². The van der Waals surface area contributed by atoms with Crippen LogP contribution >= 0.6 is 0 Å². The number of hydrogen-bond acceptors (Lipinski definition) is 3. The van der Waals surface area contributed by atoms with E-state index in [1.54, 1.807) is 17.0 Å². The lowest BCUT2D eigenvalue weighted by Gasteiger charge is -2.07. The predicted octanol–water partition coefficient (Wildman–Crippen LogP) is 2.31. The van der Waals surface area contributed by atoms with Crippen LogP contribution in [0, 0.1) is 0 Å². The normalized spacial score (nSPS) is 10.4. The minimum Gasteiger partial charge on any atom is -0.365 e. The van der Waals surface area contributed by atoms with Gasteiger partial charge in [-0.3, -0.25) is 4.79 Å². The molecule has 0 radical (unpaired) electrons. The molecule has 1 aromatic heterocycles. The fourth-order valence-corrected chi connectivity index (χ4v) is 1.96. The zero-order valence-electron chi connectivity index (χ0n) is 11.2. The first kappa shape index (κ1) is 13.3. The number of hydrogen-bond donors (Lipinski definition) is 1. The monoisotopic (exact) mass is 257 g/mol. The van der Waals surface area contributed by atoms with Crippen LogP contribution in [0.1, 0.15) is 18.9 Å². The largest absolute Gasteiger partial charge is 0.365 e. The maximum atomic E-state index is 11.9. The van der Waals surface area contributed by atoms with Crippen molar-refractivity contribution < 1.29 is 0 Å². The summed E-state index contributed by atoms with van der Waals surface area (Å²) in [6.45, 7) is 3.37. The molecule has 1 aromatic carbocycles. The lowest BCUT2D eigenvalue weighted by atomic mass is 10.1. The first-order valence-corrected chi connectivity index (χ1v) is 6.64. The molecule has 0 amide bonds. The number of aryl methyl sites for hydroxylation is 2. The zero-order valence-corrected chi connectivity index (χ0v) is 11.2. The SMILES string of the molecule is CCn1ccnc(NCCCc2ccccc2)c1=O. The first-order chi connectivity index (χ1) is 9.31. The van der Waals surface area contributed by atoms with Gasteiger partial charge in [0.1, 0.15) is 0 Å². The van der Waals surface area contributed by atoms with Gasteiger partial charge in [0.05, 0.1) is 0 Å². The Balaban J connectivity index is 1.85. The molecule has 0 spiro atoms. The van der Waals surface area contributed by atoms with Crippen LogP contribution in [-0.4, -0.2) is 16.1 Å². The van der Waals surface area contributed by atoms with Gasteiger partial charge in [-0.2, -0.15) is 0 Å². The fraction of sp³-hybridized carbons (Fsp3) is 0.333. The van der Waals surface area contributed by atoms with Crippen LogP contribution in [0.15, 0.2) is 47.5 Å². The van der Waals surface area contributed by atoms with E-state index >= 15 is 0 Å². The van der Waals surface area contributed by atoms with Crippen LogP contribution in [0.4, 0.5) is 5.82 Å². The van der Waals surface area contributed by atoms with Gasteiger partial charge in [-0.1, -0.05) is 30.3 Å². The molecule has 2 aromatic rings. The minimum atomic E-state index is -0.0512. The molecular weight excluding hydrogens is 238 g/mol. The van der Waals surface area contributed by atoms with E-state index in [0.717, 1.165) is 19.4 Å². The van der Waals surface area contributed by atoms with Crippen molar-refractivity contribution in [3.8, 4) is 0 Å². The molecule has 0 atom stereocenters. The van der Waals surface area contributed by atoms with Crippen molar-refractivity contribution >= 4 is 5.82 Å². The average molecular weight is 257 g/mol. The molecule has 1 N–H and O–H groups in total. The van der Waals surface area contributed by atoms with E-state index in [1.165, 1.54) is 5.56 Å². The van der Waals surface area contributed by atoms with Crippen molar-refractivity contribution in [1.82, 2.24) is 9.55 Å². The molecule has 4 nitrogen and oxygen atoms in total. The Labute approximate surface area is 113 Å². The molecule has 0 fully saturated rings. The molecule has 0 aliphatic rings. The van der Waals surface area contributed by atoms with Crippen molar-refractivity contribution in [3.63, 3.8) is 0 Å². The molecule has 1 heterocycles. The van der Waals surface area contributed by atoms with Crippen molar-refractivity contribution in [3.05, 3.63) is 58.6 Å². The van der Waals surface area contributed by atoms with E-state index in [0.29, 0.717) is 12.4 Å². The van der Waals surface area contributed by atoms with Gasteiger partial charge in [0.2, 0.25) is 0 Å². The standard InChI is InChI=1S/C15H19N3O/c1-2-18-12-11-17-14(15(18)19)16-10-6-9-13-7-4-3-5-8-13/h3-5,7-8,11-12H,2,6,9-10H2,1H3,(H,16,17). The van der Waals surface area contributed by atoms with Gasteiger partial charge < -0.3 is 9.88 Å². The highest BCUT2D eigenvalue weighted by Crippen LogP contribution is 2.02. The first-order valence-electron chi connectivity index (χ1n) is 6.64. The van der Waals surface area contributed by atoms with Gasteiger partial charge in [-0.25, -0.2) is 4.98 Å². The van der Waals surface area contributed by atoms with Gasteiger partial charge in [-0.15, -0.1) is 0 Å². The third-order valence-electron chi connectivity index (χ3n) is 3.03. The van der Waals surface area contributed by atoms with Crippen molar-refractivity contribution in [2.45, 2.75) is 26.3 Å². The maximum Gasteiger partial charge on any atom is 0.293 e. The number of nitrogens with one attached hydrogen (secondary N) is 1. The lowest BCUT2D eigenvalue weighted by molar-refractivity contribution is 0.717. The highest BCUT2D eigenvalue weighted by molar-refractivity contribution is 5.30. The van der Waals surface area contributed by atoms with Crippen molar-refractivity contribution in [2.24, 2.45) is 0 Å². The summed E-state index contributed by atoms with van der Waals surface area (Å²) in [5.74, 6) is 0.442.